The van der Waals surface area contributed by atoms with Gasteiger partial charge in [-0.3, -0.25) is 9.59 Å². The summed E-state index contributed by atoms with van der Waals surface area (Å²) in [6.45, 7) is 5.85. The number of aryl methyl sites for hydroxylation is 3. The van der Waals surface area contributed by atoms with Gasteiger partial charge in [0, 0.05) is 16.2 Å². The largest absolute Gasteiger partial charge is 0.343 e. The molecule has 2 aromatic rings. The van der Waals surface area contributed by atoms with Gasteiger partial charge in [0.15, 0.2) is 0 Å². The summed E-state index contributed by atoms with van der Waals surface area (Å²) in [5.41, 5.74) is 4.88. The van der Waals surface area contributed by atoms with Crippen molar-refractivity contribution in [3.8, 4) is 0 Å². The monoisotopic (exact) mass is 400 g/mol. The van der Waals surface area contributed by atoms with Crippen molar-refractivity contribution >= 4 is 39.5 Å². The SMILES string of the molecule is Cc1cc(C)c(NC(=O)CNC(=O)/C=C/c2ccc(Br)cc2)c(C)c1. The number of hydrogen-bond donors (Lipinski definition) is 2. The quantitative estimate of drug-likeness (QED) is 0.740. The van der Waals surface area contributed by atoms with Crippen molar-refractivity contribution in [2.24, 2.45) is 0 Å². The van der Waals surface area contributed by atoms with E-state index in [0.717, 1.165) is 32.4 Å². The Morgan fingerprint density at radius 1 is 1.04 bits per heavy atom. The molecule has 0 aromatic heterocycles. The second-order valence-electron chi connectivity index (χ2n) is 5.92. The van der Waals surface area contributed by atoms with Gasteiger partial charge in [0.05, 0.1) is 6.54 Å². The molecule has 0 unspecified atom stereocenters. The van der Waals surface area contributed by atoms with Crippen molar-refractivity contribution in [3.63, 3.8) is 0 Å². The first kappa shape index (κ1) is 18.9. The molecular weight excluding hydrogens is 380 g/mol. The van der Waals surface area contributed by atoms with Gasteiger partial charge in [-0.1, -0.05) is 45.8 Å². The van der Waals surface area contributed by atoms with Crippen LogP contribution in [0.5, 0.6) is 0 Å². The molecule has 0 saturated heterocycles. The molecule has 4 nitrogen and oxygen atoms in total. The van der Waals surface area contributed by atoms with Crippen molar-refractivity contribution in [1.29, 1.82) is 0 Å². The number of carbonyl (C=O) groups excluding carboxylic acids is 2. The average Bonchev–Trinajstić information content (AvgIpc) is 2.55. The number of halogens is 1. The van der Waals surface area contributed by atoms with Crippen molar-refractivity contribution in [2.45, 2.75) is 20.8 Å². The Bertz CT molecular complexity index is 788. The molecule has 0 aliphatic carbocycles. The molecule has 0 aliphatic heterocycles. The minimum absolute atomic E-state index is 0.0731. The zero-order chi connectivity index (χ0) is 18.4. The van der Waals surface area contributed by atoms with Gasteiger partial charge in [-0.05, 0) is 55.7 Å². The normalized spacial score (nSPS) is 10.7. The van der Waals surface area contributed by atoms with Gasteiger partial charge in [0.2, 0.25) is 11.8 Å². The van der Waals surface area contributed by atoms with Crippen LogP contribution in [0, 0.1) is 20.8 Å². The van der Waals surface area contributed by atoms with E-state index in [1.807, 2.05) is 57.2 Å². The van der Waals surface area contributed by atoms with Crippen molar-refractivity contribution in [1.82, 2.24) is 5.32 Å². The number of nitrogens with one attached hydrogen (secondary N) is 2. The number of hydrogen-bond acceptors (Lipinski definition) is 2. The summed E-state index contributed by atoms with van der Waals surface area (Å²) in [5, 5.41) is 5.45. The Balaban J connectivity index is 1.87. The molecule has 0 heterocycles. The summed E-state index contributed by atoms with van der Waals surface area (Å²) >= 11 is 3.36. The molecule has 0 radical (unpaired) electrons. The van der Waals surface area contributed by atoms with Gasteiger partial charge in [-0.2, -0.15) is 0 Å². The third-order valence-electron chi connectivity index (χ3n) is 3.66. The lowest BCUT2D eigenvalue weighted by molar-refractivity contribution is -0.121. The van der Waals surface area contributed by atoms with E-state index in [0.29, 0.717) is 0 Å². The lowest BCUT2D eigenvalue weighted by Crippen LogP contribution is -2.32. The van der Waals surface area contributed by atoms with Crippen molar-refractivity contribution in [3.05, 3.63) is 69.2 Å². The van der Waals surface area contributed by atoms with Crippen LogP contribution in [0.4, 0.5) is 5.69 Å². The second-order valence-corrected chi connectivity index (χ2v) is 6.84. The van der Waals surface area contributed by atoms with Gasteiger partial charge in [-0.25, -0.2) is 0 Å². The van der Waals surface area contributed by atoms with Crippen LogP contribution in [-0.2, 0) is 9.59 Å². The Labute approximate surface area is 156 Å². The number of anilines is 1. The first-order chi connectivity index (χ1) is 11.8. The van der Waals surface area contributed by atoms with Crippen molar-refractivity contribution in [2.75, 3.05) is 11.9 Å². The van der Waals surface area contributed by atoms with E-state index in [4.69, 9.17) is 0 Å². The number of benzene rings is 2. The Hall–Kier alpha value is -2.40. The van der Waals surface area contributed by atoms with E-state index in [-0.39, 0.29) is 18.4 Å². The molecule has 2 rings (SSSR count). The highest BCUT2D eigenvalue weighted by atomic mass is 79.9. The van der Waals surface area contributed by atoms with Crippen LogP contribution in [0.2, 0.25) is 0 Å². The van der Waals surface area contributed by atoms with E-state index in [9.17, 15) is 9.59 Å². The average molecular weight is 401 g/mol. The Morgan fingerprint density at radius 2 is 1.64 bits per heavy atom. The molecule has 5 heteroatoms. The molecule has 2 N–H and O–H groups in total. The van der Waals surface area contributed by atoms with Crippen LogP contribution in [0.15, 0.2) is 46.9 Å². The summed E-state index contributed by atoms with van der Waals surface area (Å²) in [7, 11) is 0. The van der Waals surface area contributed by atoms with Gasteiger partial charge in [-0.15, -0.1) is 0 Å². The van der Waals surface area contributed by atoms with Gasteiger partial charge >= 0.3 is 0 Å². The van der Waals surface area contributed by atoms with Crippen LogP contribution in [0.1, 0.15) is 22.3 Å². The Kier molecular flexibility index (Phi) is 6.53. The minimum atomic E-state index is -0.310. The molecule has 0 fully saturated rings. The molecule has 0 saturated carbocycles. The summed E-state index contributed by atoms with van der Waals surface area (Å²) in [5.74, 6) is -0.559. The highest BCUT2D eigenvalue weighted by molar-refractivity contribution is 9.10. The fourth-order valence-electron chi connectivity index (χ4n) is 2.53. The van der Waals surface area contributed by atoms with Crippen LogP contribution in [-0.4, -0.2) is 18.4 Å². The zero-order valence-electron chi connectivity index (χ0n) is 14.5. The van der Waals surface area contributed by atoms with E-state index in [1.165, 1.54) is 6.08 Å². The van der Waals surface area contributed by atoms with Gasteiger partial charge in [0.25, 0.3) is 0 Å². The van der Waals surface area contributed by atoms with E-state index in [2.05, 4.69) is 26.6 Å². The maximum Gasteiger partial charge on any atom is 0.244 e. The van der Waals surface area contributed by atoms with E-state index in [1.54, 1.807) is 6.08 Å². The molecule has 0 atom stereocenters. The molecule has 0 bridgehead atoms. The van der Waals surface area contributed by atoms with E-state index < -0.39 is 0 Å². The highest BCUT2D eigenvalue weighted by Gasteiger charge is 2.09. The molecule has 130 valence electrons. The van der Waals surface area contributed by atoms with Crippen LogP contribution in [0.25, 0.3) is 6.08 Å². The molecule has 25 heavy (non-hydrogen) atoms. The molecule has 2 amide bonds. The maximum absolute atomic E-state index is 12.1. The number of amides is 2. The summed E-state index contributed by atoms with van der Waals surface area (Å²) < 4.78 is 0.979. The van der Waals surface area contributed by atoms with E-state index >= 15 is 0 Å². The minimum Gasteiger partial charge on any atom is -0.343 e. The second kappa shape index (κ2) is 8.62. The summed E-state index contributed by atoms with van der Waals surface area (Å²) in [4.78, 5) is 23.9. The third kappa shape index (κ3) is 5.87. The Morgan fingerprint density at radius 3 is 2.24 bits per heavy atom. The van der Waals surface area contributed by atoms with Crippen LogP contribution in [0.3, 0.4) is 0 Å². The molecular formula is C20H21BrN2O2. The zero-order valence-corrected chi connectivity index (χ0v) is 16.1. The first-order valence-electron chi connectivity index (χ1n) is 7.94. The summed E-state index contributed by atoms with van der Waals surface area (Å²) in [6, 6.07) is 11.6. The van der Waals surface area contributed by atoms with Crippen LogP contribution >= 0.6 is 15.9 Å². The third-order valence-corrected chi connectivity index (χ3v) is 4.19. The predicted molar refractivity (Wildman–Crippen MR) is 105 cm³/mol. The van der Waals surface area contributed by atoms with Crippen LogP contribution < -0.4 is 10.6 Å². The molecule has 0 aliphatic rings. The van der Waals surface area contributed by atoms with Gasteiger partial charge < -0.3 is 10.6 Å². The standard InChI is InChI=1S/C20H21BrN2O2/c1-13-10-14(2)20(15(3)11-13)23-19(25)12-22-18(24)9-6-16-4-7-17(21)8-5-16/h4-11H,12H2,1-3H3,(H,22,24)(H,23,25)/b9-6+. The fourth-order valence-corrected chi connectivity index (χ4v) is 2.80. The van der Waals surface area contributed by atoms with Crippen molar-refractivity contribution < 1.29 is 9.59 Å². The first-order valence-corrected chi connectivity index (χ1v) is 8.73. The maximum atomic E-state index is 12.1. The lowest BCUT2D eigenvalue weighted by atomic mass is 10.1. The highest BCUT2D eigenvalue weighted by Crippen LogP contribution is 2.21. The number of carbonyl (C=O) groups is 2. The molecule has 0 spiro atoms. The smallest absolute Gasteiger partial charge is 0.244 e. The van der Waals surface area contributed by atoms with Gasteiger partial charge in [0.1, 0.15) is 0 Å². The topological polar surface area (TPSA) is 58.2 Å². The lowest BCUT2D eigenvalue weighted by Gasteiger charge is -2.13. The molecule has 2 aromatic carbocycles. The predicted octanol–water partition coefficient (Wildman–Crippen LogP) is 4.14. The summed E-state index contributed by atoms with van der Waals surface area (Å²) in [6.07, 6.45) is 3.12. The fraction of sp³-hybridized carbons (Fsp3) is 0.200. The number of rotatable bonds is 5.